The highest BCUT2D eigenvalue weighted by Gasteiger charge is 2.27. The summed E-state index contributed by atoms with van der Waals surface area (Å²) in [5.41, 5.74) is 3.11. The van der Waals surface area contributed by atoms with E-state index in [1.165, 1.54) is 19.8 Å². The van der Waals surface area contributed by atoms with Crippen LogP contribution in [-0.2, 0) is 4.79 Å². The maximum absolute atomic E-state index is 11.3. The van der Waals surface area contributed by atoms with E-state index < -0.39 is 0 Å². The average Bonchev–Trinajstić information content (AvgIpc) is 3.45. The van der Waals surface area contributed by atoms with E-state index in [4.69, 9.17) is 0 Å². The Morgan fingerprint density at radius 1 is 1.29 bits per heavy atom. The topological polar surface area (TPSA) is 109 Å². The lowest BCUT2D eigenvalue weighted by Gasteiger charge is -2.21. The molecule has 8 nitrogen and oxygen atoms in total. The van der Waals surface area contributed by atoms with Crippen molar-refractivity contribution in [2.45, 2.75) is 45.1 Å². The number of nitriles is 1. The molecule has 0 aliphatic heterocycles. The van der Waals surface area contributed by atoms with Gasteiger partial charge in [0, 0.05) is 36.3 Å². The van der Waals surface area contributed by atoms with E-state index in [1.54, 1.807) is 12.4 Å². The third-order valence-corrected chi connectivity index (χ3v) is 5.58. The molecule has 1 aliphatic carbocycles. The van der Waals surface area contributed by atoms with Crippen LogP contribution in [0.25, 0.3) is 11.3 Å². The molecule has 3 aromatic rings. The Bertz CT molecular complexity index is 1100. The molecule has 8 heteroatoms. The molecule has 1 aromatic carbocycles. The predicted molar refractivity (Wildman–Crippen MR) is 119 cm³/mol. The highest BCUT2D eigenvalue weighted by Crippen LogP contribution is 2.36. The Morgan fingerprint density at radius 2 is 2.10 bits per heavy atom. The molecular weight excluding hydrogens is 390 g/mol. The molecule has 0 saturated heterocycles. The van der Waals surface area contributed by atoms with Crippen molar-refractivity contribution in [2.75, 3.05) is 10.6 Å². The maximum atomic E-state index is 11.3. The zero-order valence-electron chi connectivity index (χ0n) is 17.5. The van der Waals surface area contributed by atoms with Crippen LogP contribution >= 0.6 is 0 Å². The number of aromatic nitrogens is 4. The first-order valence-corrected chi connectivity index (χ1v) is 10.5. The lowest BCUT2D eigenvalue weighted by Crippen LogP contribution is -2.17. The number of anilines is 3. The number of benzene rings is 1. The number of nitrogens with zero attached hydrogens (tertiary/aromatic N) is 5. The number of rotatable bonds is 7. The Morgan fingerprint density at radius 3 is 2.87 bits per heavy atom. The summed E-state index contributed by atoms with van der Waals surface area (Å²) >= 11 is 0. The monoisotopic (exact) mass is 415 g/mol. The Labute approximate surface area is 181 Å². The molecule has 1 saturated carbocycles. The Hall–Kier alpha value is -3.73. The minimum atomic E-state index is -0.125. The van der Waals surface area contributed by atoms with Crippen LogP contribution in [0.4, 0.5) is 17.3 Å². The van der Waals surface area contributed by atoms with Crippen LogP contribution in [-0.4, -0.2) is 25.7 Å². The SMILES string of the molecule is CC(=O)Nc1cccc(Nc2nccc(-c3cnn(C(CC#N)C4CCCC4)c3)n2)c1. The lowest BCUT2D eigenvalue weighted by molar-refractivity contribution is -0.114. The van der Waals surface area contributed by atoms with Crippen molar-refractivity contribution in [1.82, 2.24) is 19.7 Å². The summed E-state index contributed by atoms with van der Waals surface area (Å²) in [5.74, 6) is 0.834. The van der Waals surface area contributed by atoms with E-state index in [1.807, 2.05) is 41.2 Å². The second-order valence-corrected chi connectivity index (χ2v) is 7.84. The summed E-state index contributed by atoms with van der Waals surface area (Å²) in [5, 5.41) is 19.8. The van der Waals surface area contributed by atoms with Gasteiger partial charge in [-0.05, 0) is 43.0 Å². The van der Waals surface area contributed by atoms with Crippen molar-refractivity contribution in [2.24, 2.45) is 5.92 Å². The summed E-state index contributed by atoms with van der Waals surface area (Å²) in [4.78, 5) is 20.2. The van der Waals surface area contributed by atoms with Crippen molar-refractivity contribution in [1.29, 1.82) is 5.26 Å². The van der Waals surface area contributed by atoms with Gasteiger partial charge in [-0.15, -0.1) is 0 Å². The van der Waals surface area contributed by atoms with Crippen LogP contribution < -0.4 is 10.6 Å². The first kappa shape index (κ1) is 20.5. The van der Waals surface area contributed by atoms with E-state index in [-0.39, 0.29) is 11.9 Å². The fourth-order valence-corrected chi connectivity index (χ4v) is 4.15. The molecule has 1 aliphatic rings. The average molecular weight is 416 g/mol. The van der Waals surface area contributed by atoms with E-state index in [0.717, 1.165) is 29.8 Å². The first-order chi connectivity index (χ1) is 15.1. The van der Waals surface area contributed by atoms with Crippen molar-refractivity contribution < 1.29 is 4.79 Å². The third kappa shape index (κ3) is 5.07. The molecule has 1 unspecified atom stereocenters. The molecule has 2 heterocycles. The zero-order valence-corrected chi connectivity index (χ0v) is 17.5. The van der Waals surface area contributed by atoms with Crippen LogP contribution in [0, 0.1) is 17.2 Å². The second-order valence-electron chi connectivity index (χ2n) is 7.84. The predicted octanol–water partition coefficient (Wildman–Crippen LogP) is 4.69. The van der Waals surface area contributed by atoms with Crippen molar-refractivity contribution in [3.63, 3.8) is 0 Å². The van der Waals surface area contributed by atoms with Crippen molar-refractivity contribution in [3.8, 4) is 17.3 Å². The molecule has 2 N–H and O–H groups in total. The normalized spacial score (nSPS) is 14.7. The van der Waals surface area contributed by atoms with Gasteiger partial charge in [0.25, 0.3) is 0 Å². The Kier molecular flexibility index (Phi) is 6.22. The quantitative estimate of drug-likeness (QED) is 0.580. The third-order valence-electron chi connectivity index (χ3n) is 5.58. The van der Waals surface area contributed by atoms with Gasteiger partial charge in [-0.1, -0.05) is 18.9 Å². The van der Waals surface area contributed by atoms with Gasteiger partial charge < -0.3 is 10.6 Å². The van der Waals surface area contributed by atoms with Crippen LogP contribution in [0.15, 0.2) is 48.9 Å². The van der Waals surface area contributed by atoms with Gasteiger partial charge in [-0.3, -0.25) is 9.48 Å². The molecule has 4 rings (SSSR count). The second kappa shape index (κ2) is 9.39. The number of carbonyl (C=O) groups is 1. The van der Waals surface area contributed by atoms with Crippen molar-refractivity contribution in [3.05, 3.63) is 48.9 Å². The molecule has 1 fully saturated rings. The molecule has 158 valence electrons. The largest absolute Gasteiger partial charge is 0.326 e. The number of hydrogen-bond acceptors (Lipinski definition) is 6. The number of hydrogen-bond donors (Lipinski definition) is 2. The minimum absolute atomic E-state index is 0.109. The van der Waals surface area contributed by atoms with Gasteiger partial charge in [-0.25, -0.2) is 9.97 Å². The van der Waals surface area contributed by atoms with Crippen LogP contribution in [0.3, 0.4) is 0 Å². The molecule has 31 heavy (non-hydrogen) atoms. The van der Waals surface area contributed by atoms with Crippen LogP contribution in [0.2, 0.25) is 0 Å². The molecule has 0 radical (unpaired) electrons. The van der Waals surface area contributed by atoms with E-state index >= 15 is 0 Å². The van der Waals surface area contributed by atoms with Gasteiger partial charge in [0.05, 0.1) is 30.4 Å². The first-order valence-electron chi connectivity index (χ1n) is 10.5. The molecule has 1 atom stereocenters. The summed E-state index contributed by atoms with van der Waals surface area (Å²) in [6.07, 6.45) is 10.7. The van der Waals surface area contributed by atoms with Crippen LogP contribution in [0.5, 0.6) is 0 Å². The van der Waals surface area contributed by atoms with Gasteiger partial charge in [-0.2, -0.15) is 10.4 Å². The summed E-state index contributed by atoms with van der Waals surface area (Å²) in [6.45, 7) is 1.47. The number of nitrogens with one attached hydrogen (secondary N) is 2. The van der Waals surface area contributed by atoms with E-state index in [9.17, 15) is 10.1 Å². The number of amides is 1. The van der Waals surface area contributed by atoms with Crippen molar-refractivity contribution >= 4 is 23.2 Å². The summed E-state index contributed by atoms with van der Waals surface area (Å²) in [6, 6.07) is 11.6. The lowest BCUT2D eigenvalue weighted by atomic mass is 9.96. The Balaban J connectivity index is 1.52. The van der Waals surface area contributed by atoms with Crippen LogP contribution in [0.1, 0.15) is 45.1 Å². The zero-order chi connectivity index (χ0) is 21.6. The fraction of sp³-hybridized carbons (Fsp3) is 0.348. The van der Waals surface area contributed by atoms with E-state index in [0.29, 0.717) is 24.0 Å². The highest BCUT2D eigenvalue weighted by molar-refractivity contribution is 5.89. The molecule has 1 amide bonds. The summed E-state index contributed by atoms with van der Waals surface area (Å²) in [7, 11) is 0. The van der Waals surface area contributed by atoms with Gasteiger partial charge in [0.1, 0.15) is 0 Å². The standard InChI is InChI=1S/C23H25N7O/c1-16(31)27-19-7-4-8-20(13-19)28-23-25-12-10-21(29-23)18-14-26-30(15-18)22(9-11-24)17-5-2-3-6-17/h4,7-8,10,12-15,17,22H,2-3,5-6,9H2,1H3,(H,27,31)(H,25,28,29). The molecule has 0 bridgehead atoms. The van der Waals surface area contributed by atoms with Gasteiger partial charge in [0.15, 0.2) is 0 Å². The van der Waals surface area contributed by atoms with Gasteiger partial charge in [0.2, 0.25) is 11.9 Å². The minimum Gasteiger partial charge on any atom is -0.326 e. The molecule has 0 spiro atoms. The van der Waals surface area contributed by atoms with E-state index in [2.05, 4.69) is 31.8 Å². The highest BCUT2D eigenvalue weighted by atomic mass is 16.1. The fourth-order valence-electron chi connectivity index (χ4n) is 4.15. The maximum Gasteiger partial charge on any atom is 0.227 e. The molecule has 2 aromatic heterocycles. The number of carbonyl (C=O) groups excluding carboxylic acids is 1. The molecular formula is C23H25N7O. The van der Waals surface area contributed by atoms with Gasteiger partial charge >= 0.3 is 0 Å². The smallest absolute Gasteiger partial charge is 0.227 e. The summed E-state index contributed by atoms with van der Waals surface area (Å²) < 4.78 is 1.93.